The first-order valence-corrected chi connectivity index (χ1v) is 9.04. The summed E-state index contributed by atoms with van der Waals surface area (Å²) in [5, 5.41) is 0. The number of nitrogens with zero attached hydrogens (tertiary/aromatic N) is 1. The van der Waals surface area contributed by atoms with Gasteiger partial charge in [0.2, 0.25) is 11.8 Å². The van der Waals surface area contributed by atoms with E-state index in [0.29, 0.717) is 0 Å². The molecule has 1 fully saturated rings. The van der Waals surface area contributed by atoms with E-state index in [4.69, 9.17) is 5.73 Å². The van der Waals surface area contributed by atoms with E-state index in [9.17, 15) is 9.59 Å². The van der Waals surface area contributed by atoms with E-state index in [1.807, 2.05) is 13.8 Å². The Morgan fingerprint density at radius 1 is 1.05 bits per heavy atom. The van der Waals surface area contributed by atoms with Crippen LogP contribution in [-0.4, -0.2) is 28.8 Å². The topological polar surface area (TPSA) is 63.4 Å². The van der Waals surface area contributed by atoms with Crippen LogP contribution in [-0.2, 0) is 9.59 Å². The molecule has 1 rings (SSSR count). The van der Waals surface area contributed by atoms with Crippen LogP contribution in [0.15, 0.2) is 0 Å². The molecule has 0 aromatic carbocycles. The molecular weight excluding hydrogens is 276 g/mol. The molecule has 1 aliphatic rings. The molecule has 0 spiro atoms. The van der Waals surface area contributed by atoms with Crippen LogP contribution in [0.4, 0.5) is 0 Å². The molecule has 128 valence electrons. The van der Waals surface area contributed by atoms with E-state index in [2.05, 4.69) is 13.8 Å². The molecular formula is C18H34N2O2. The van der Waals surface area contributed by atoms with Crippen molar-refractivity contribution < 1.29 is 9.59 Å². The van der Waals surface area contributed by atoms with Gasteiger partial charge in [0.25, 0.3) is 0 Å². The summed E-state index contributed by atoms with van der Waals surface area (Å²) in [6, 6.07) is 0.118. The highest BCUT2D eigenvalue weighted by molar-refractivity contribution is 5.97. The molecule has 22 heavy (non-hydrogen) atoms. The van der Waals surface area contributed by atoms with Gasteiger partial charge in [-0.2, -0.15) is 0 Å². The summed E-state index contributed by atoms with van der Waals surface area (Å²) >= 11 is 0. The lowest BCUT2D eigenvalue weighted by Crippen LogP contribution is -2.52. The number of carbonyl (C=O) groups is 2. The van der Waals surface area contributed by atoms with E-state index >= 15 is 0 Å². The van der Waals surface area contributed by atoms with Gasteiger partial charge in [0.05, 0.1) is 0 Å². The second-order valence-electron chi connectivity index (χ2n) is 7.01. The van der Waals surface area contributed by atoms with Gasteiger partial charge >= 0.3 is 0 Å². The molecule has 0 radical (unpaired) electrons. The lowest BCUT2D eigenvalue weighted by molar-refractivity contribution is -0.153. The van der Waals surface area contributed by atoms with Crippen LogP contribution in [0, 0.1) is 11.8 Å². The molecule has 0 bridgehead atoms. The Morgan fingerprint density at radius 3 is 1.95 bits per heavy atom. The summed E-state index contributed by atoms with van der Waals surface area (Å²) < 4.78 is 0. The van der Waals surface area contributed by atoms with Crippen molar-refractivity contribution in [3.05, 3.63) is 0 Å². The Morgan fingerprint density at radius 2 is 1.55 bits per heavy atom. The number of hydrogen-bond donors (Lipinski definition) is 1. The fourth-order valence-corrected chi connectivity index (χ4v) is 3.49. The van der Waals surface area contributed by atoms with Gasteiger partial charge in [-0.1, -0.05) is 40.5 Å². The van der Waals surface area contributed by atoms with Crippen LogP contribution in [0.1, 0.15) is 79.1 Å². The Bertz CT molecular complexity index is 346. The van der Waals surface area contributed by atoms with Gasteiger partial charge in [-0.05, 0) is 38.5 Å². The standard InChI is InChI=1S/C18H34N2O2/c1-5-8-13(3)17(21)20(18(22)14(4)9-6-2)16-11-7-10-15(19)12-16/h13-16H,5-12,19H2,1-4H3. The maximum absolute atomic E-state index is 12.9. The predicted molar refractivity (Wildman–Crippen MR) is 90.2 cm³/mol. The zero-order valence-corrected chi connectivity index (χ0v) is 14.8. The molecule has 0 aromatic rings. The molecule has 0 saturated heterocycles. The highest BCUT2D eigenvalue weighted by Crippen LogP contribution is 2.26. The maximum atomic E-state index is 12.9. The SMILES string of the molecule is CCCC(C)C(=O)N(C(=O)C(C)CCC)C1CCCC(N)C1. The summed E-state index contributed by atoms with van der Waals surface area (Å²) in [7, 11) is 0. The molecule has 0 aromatic heterocycles. The summed E-state index contributed by atoms with van der Waals surface area (Å²) in [6.45, 7) is 8.04. The van der Waals surface area contributed by atoms with E-state index in [0.717, 1.165) is 51.4 Å². The van der Waals surface area contributed by atoms with Crippen molar-refractivity contribution in [2.75, 3.05) is 0 Å². The zero-order chi connectivity index (χ0) is 16.7. The smallest absolute Gasteiger partial charge is 0.232 e. The summed E-state index contributed by atoms with van der Waals surface area (Å²) in [5.41, 5.74) is 6.08. The second-order valence-corrected chi connectivity index (χ2v) is 7.01. The van der Waals surface area contributed by atoms with Gasteiger partial charge in [-0.3, -0.25) is 14.5 Å². The number of hydrogen-bond acceptors (Lipinski definition) is 3. The molecule has 1 aliphatic carbocycles. The largest absolute Gasteiger partial charge is 0.328 e. The number of amides is 2. The van der Waals surface area contributed by atoms with Crippen molar-refractivity contribution in [3.63, 3.8) is 0 Å². The Kier molecular flexibility index (Phi) is 8.08. The Labute approximate surface area is 135 Å². The molecule has 4 nitrogen and oxygen atoms in total. The van der Waals surface area contributed by atoms with E-state index in [1.165, 1.54) is 0 Å². The van der Waals surface area contributed by atoms with Crippen molar-refractivity contribution in [2.45, 2.75) is 91.1 Å². The number of imide groups is 1. The fourth-order valence-electron chi connectivity index (χ4n) is 3.49. The lowest BCUT2D eigenvalue weighted by Gasteiger charge is -2.37. The number of nitrogens with two attached hydrogens (primary N) is 1. The second kappa shape index (κ2) is 9.29. The van der Waals surface area contributed by atoms with E-state index in [1.54, 1.807) is 4.90 Å². The van der Waals surface area contributed by atoms with Crippen molar-refractivity contribution in [3.8, 4) is 0 Å². The molecule has 0 aliphatic heterocycles. The van der Waals surface area contributed by atoms with Crippen molar-refractivity contribution >= 4 is 11.8 Å². The van der Waals surface area contributed by atoms with Gasteiger partial charge < -0.3 is 5.73 Å². The lowest BCUT2D eigenvalue weighted by atomic mass is 9.88. The maximum Gasteiger partial charge on any atom is 0.232 e. The molecule has 2 N–H and O–H groups in total. The Balaban J connectivity index is 2.93. The quantitative estimate of drug-likeness (QED) is 0.783. The van der Waals surface area contributed by atoms with Gasteiger partial charge in [0, 0.05) is 23.9 Å². The number of rotatable bonds is 7. The Hall–Kier alpha value is -0.900. The van der Waals surface area contributed by atoms with Gasteiger partial charge in [-0.25, -0.2) is 0 Å². The first kappa shape index (κ1) is 19.1. The monoisotopic (exact) mass is 310 g/mol. The van der Waals surface area contributed by atoms with E-state index < -0.39 is 0 Å². The average molecular weight is 310 g/mol. The van der Waals surface area contributed by atoms with Crippen LogP contribution in [0.2, 0.25) is 0 Å². The van der Waals surface area contributed by atoms with Crippen molar-refractivity contribution in [1.29, 1.82) is 0 Å². The highest BCUT2D eigenvalue weighted by atomic mass is 16.2. The molecule has 2 amide bonds. The molecule has 4 atom stereocenters. The van der Waals surface area contributed by atoms with Crippen molar-refractivity contribution in [2.24, 2.45) is 17.6 Å². The minimum Gasteiger partial charge on any atom is -0.328 e. The highest BCUT2D eigenvalue weighted by Gasteiger charge is 2.36. The molecule has 4 unspecified atom stereocenters. The van der Waals surface area contributed by atoms with Crippen LogP contribution in [0.5, 0.6) is 0 Å². The minimum absolute atomic E-state index is 0.00219. The van der Waals surface area contributed by atoms with Crippen LogP contribution >= 0.6 is 0 Å². The zero-order valence-electron chi connectivity index (χ0n) is 14.8. The minimum atomic E-state index is -0.0825. The van der Waals surface area contributed by atoms with Crippen molar-refractivity contribution in [1.82, 2.24) is 4.90 Å². The summed E-state index contributed by atoms with van der Waals surface area (Å²) in [5.74, 6) is -0.148. The molecule has 0 heterocycles. The third-order valence-electron chi connectivity index (χ3n) is 4.81. The van der Waals surface area contributed by atoms with Crippen LogP contribution in [0.3, 0.4) is 0 Å². The van der Waals surface area contributed by atoms with Crippen LogP contribution < -0.4 is 5.73 Å². The molecule has 4 heteroatoms. The fraction of sp³-hybridized carbons (Fsp3) is 0.889. The van der Waals surface area contributed by atoms with Gasteiger partial charge in [0.1, 0.15) is 0 Å². The summed E-state index contributed by atoms with van der Waals surface area (Å²) in [4.78, 5) is 27.3. The number of carbonyl (C=O) groups excluding carboxylic acids is 2. The summed E-state index contributed by atoms with van der Waals surface area (Å²) in [6.07, 6.45) is 7.27. The molecule has 1 saturated carbocycles. The predicted octanol–water partition coefficient (Wildman–Crippen LogP) is 3.48. The van der Waals surface area contributed by atoms with Crippen LogP contribution in [0.25, 0.3) is 0 Å². The van der Waals surface area contributed by atoms with Gasteiger partial charge in [0.15, 0.2) is 0 Å². The third kappa shape index (κ3) is 5.08. The first-order valence-electron chi connectivity index (χ1n) is 9.04. The first-order chi connectivity index (χ1) is 10.4. The average Bonchev–Trinajstić information content (AvgIpc) is 2.47. The van der Waals surface area contributed by atoms with Gasteiger partial charge in [-0.15, -0.1) is 0 Å². The third-order valence-corrected chi connectivity index (χ3v) is 4.81. The van der Waals surface area contributed by atoms with E-state index in [-0.39, 0.29) is 35.7 Å². The normalized spacial score (nSPS) is 24.6.